The van der Waals surface area contributed by atoms with Gasteiger partial charge in [-0.3, -0.25) is 0 Å². The SMILES string of the molecule is CCc1ccccc1C(O)C[Se]c1ccccc1. The van der Waals surface area contributed by atoms with Crippen LogP contribution in [0.1, 0.15) is 24.2 Å². The fourth-order valence-electron chi connectivity index (χ4n) is 1.96. The Morgan fingerprint density at radius 2 is 1.67 bits per heavy atom. The van der Waals surface area contributed by atoms with Gasteiger partial charge in [-0.2, -0.15) is 0 Å². The Bertz CT molecular complexity index is 481. The van der Waals surface area contributed by atoms with Gasteiger partial charge in [0.15, 0.2) is 0 Å². The summed E-state index contributed by atoms with van der Waals surface area (Å²) in [5, 5.41) is 11.2. The number of aliphatic hydroxyl groups excluding tert-OH is 1. The van der Waals surface area contributed by atoms with Crippen molar-refractivity contribution >= 4 is 19.4 Å². The van der Waals surface area contributed by atoms with Crippen LogP contribution in [0.5, 0.6) is 0 Å². The van der Waals surface area contributed by atoms with Crippen molar-refractivity contribution in [1.29, 1.82) is 0 Å². The maximum absolute atomic E-state index is 10.3. The van der Waals surface area contributed by atoms with E-state index in [0.29, 0.717) is 15.0 Å². The van der Waals surface area contributed by atoms with Crippen molar-refractivity contribution in [3.63, 3.8) is 0 Å². The van der Waals surface area contributed by atoms with Crippen LogP contribution >= 0.6 is 0 Å². The van der Waals surface area contributed by atoms with Gasteiger partial charge in [0.1, 0.15) is 0 Å². The molecule has 1 atom stereocenters. The summed E-state index contributed by atoms with van der Waals surface area (Å²) < 4.78 is 1.35. The van der Waals surface area contributed by atoms with Crippen molar-refractivity contribution in [2.45, 2.75) is 24.8 Å². The monoisotopic (exact) mass is 306 g/mol. The zero-order chi connectivity index (χ0) is 12.8. The topological polar surface area (TPSA) is 20.2 Å². The van der Waals surface area contributed by atoms with E-state index in [1.54, 1.807) is 0 Å². The summed E-state index contributed by atoms with van der Waals surface area (Å²) in [6.07, 6.45) is 0.646. The molecule has 2 heteroatoms. The third kappa shape index (κ3) is 3.46. The van der Waals surface area contributed by atoms with Gasteiger partial charge in [-0.25, -0.2) is 0 Å². The van der Waals surface area contributed by atoms with Crippen LogP contribution in [0.4, 0.5) is 0 Å². The Labute approximate surface area is 115 Å². The van der Waals surface area contributed by atoms with Crippen LogP contribution in [0.15, 0.2) is 54.6 Å². The van der Waals surface area contributed by atoms with E-state index in [4.69, 9.17) is 0 Å². The van der Waals surface area contributed by atoms with Crippen LogP contribution in [-0.4, -0.2) is 20.1 Å². The number of aryl methyl sites for hydroxylation is 1. The molecule has 1 nitrogen and oxygen atoms in total. The summed E-state index contributed by atoms with van der Waals surface area (Å²) in [7, 11) is 0. The zero-order valence-corrected chi connectivity index (χ0v) is 12.3. The van der Waals surface area contributed by atoms with Gasteiger partial charge in [-0.05, 0) is 0 Å². The molecule has 1 unspecified atom stereocenters. The minimum absolute atomic E-state index is 0.332. The molecule has 2 aromatic carbocycles. The first kappa shape index (κ1) is 13.4. The van der Waals surface area contributed by atoms with Crippen LogP contribution in [0.3, 0.4) is 0 Å². The molecule has 0 aliphatic rings. The molecule has 1 N–H and O–H groups in total. The van der Waals surface area contributed by atoms with Gasteiger partial charge in [-0.1, -0.05) is 0 Å². The number of aliphatic hydroxyl groups is 1. The van der Waals surface area contributed by atoms with Gasteiger partial charge in [-0.15, -0.1) is 0 Å². The van der Waals surface area contributed by atoms with E-state index in [2.05, 4.69) is 37.3 Å². The van der Waals surface area contributed by atoms with Crippen LogP contribution in [0.2, 0.25) is 5.32 Å². The van der Waals surface area contributed by atoms with Crippen molar-refractivity contribution in [2.24, 2.45) is 0 Å². The van der Waals surface area contributed by atoms with E-state index in [1.807, 2.05) is 24.3 Å². The Balaban J connectivity index is 2.01. The molecule has 0 saturated carbocycles. The third-order valence-corrected chi connectivity index (χ3v) is 5.23. The van der Waals surface area contributed by atoms with Gasteiger partial charge in [0.2, 0.25) is 0 Å². The molecule has 0 heterocycles. The maximum atomic E-state index is 10.3. The van der Waals surface area contributed by atoms with Gasteiger partial charge in [0.25, 0.3) is 0 Å². The molecular weight excluding hydrogens is 287 g/mol. The quantitative estimate of drug-likeness (QED) is 0.842. The van der Waals surface area contributed by atoms with E-state index < -0.39 is 0 Å². The second-order valence-corrected chi connectivity index (χ2v) is 6.49. The molecule has 94 valence electrons. The van der Waals surface area contributed by atoms with E-state index in [9.17, 15) is 5.11 Å². The summed E-state index contributed by atoms with van der Waals surface area (Å²) >= 11 is 0.335. The predicted octanol–water partition coefficient (Wildman–Crippen LogP) is 2.73. The number of hydrogen-bond acceptors (Lipinski definition) is 1. The fraction of sp³-hybridized carbons (Fsp3) is 0.250. The minimum atomic E-state index is -0.332. The first-order chi connectivity index (χ1) is 8.81. The number of hydrogen-bond donors (Lipinski definition) is 1. The molecule has 18 heavy (non-hydrogen) atoms. The molecular formula is C16H18OSe. The van der Waals surface area contributed by atoms with Crippen molar-refractivity contribution in [2.75, 3.05) is 0 Å². The summed E-state index contributed by atoms with van der Waals surface area (Å²) in [5.41, 5.74) is 2.35. The zero-order valence-electron chi connectivity index (χ0n) is 10.5. The normalized spacial score (nSPS) is 12.3. The molecule has 0 aromatic heterocycles. The molecule has 0 radical (unpaired) electrons. The van der Waals surface area contributed by atoms with Gasteiger partial charge >= 0.3 is 115 Å². The van der Waals surface area contributed by atoms with Crippen molar-refractivity contribution in [1.82, 2.24) is 0 Å². The van der Waals surface area contributed by atoms with E-state index in [0.717, 1.165) is 17.3 Å². The summed E-state index contributed by atoms with van der Waals surface area (Å²) in [5.74, 6) is 0. The van der Waals surface area contributed by atoms with E-state index in [-0.39, 0.29) is 6.10 Å². The molecule has 0 aliphatic carbocycles. The molecule has 0 fully saturated rings. The van der Waals surface area contributed by atoms with Crippen LogP contribution in [-0.2, 0) is 6.42 Å². The number of benzene rings is 2. The van der Waals surface area contributed by atoms with Gasteiger partial charge in [0.05, 0.1) is 0 Å². The van der Waals surface area contributed by atoms with Crippen LogP contribution in [0.25, 0.3) is 0 Å². The molecule has 0 bridgehead atoms. The number of rotatable bonds is 5. The Morgan fingerprint density at radius 1 is 1.00 bits per heavy atom. The second kappa shape index (κ2) is 6.75. The molecule has 2 aromatic rings. The first-order valence-electron chi connectivity index (χ1n) is 6.25. The average Bonchev–Trinajstić information content (AvgIpc) is 2.45. The third-order valence-electron chi connectivity index (χ3n) is 2.95. The summed E-state index contributed by atoms with van der Waals surface area (Å²) in [6.45, 7) is 2.13. The van der Waals surface area contributed by atoms with Crippen LogP contribution in [0, 0.1) is 0 Å². The molecule has 0 saturated heterocycles. The summed E-state index contributed by atoms with van der Waals surface area (Å²) in [6, 6.07) is 18.6. The summed E-state index contributed by atoms with van der Waals surface area (Å²) in [4.78, 5) is 0. The molecule has 0 spiro atoms. The van der Waals surface area contributed by atoms with Crippen molar-refractivity contribution in [3.8, 4) is 0 Å². The fourth-order valence-corrected chi connectivity index (χ4v) is 3.81. The molecule has 2 rings (SSSR count). The van der Waals surface area contributed by atoms with Crippen molar-refractivity contribution < 1.29 is 5.11 Å². The van der Waals surface area contributed by atoms with Crippen molar-refractivity contribution in [3.05, 3.63) is 65.7 Å². The average molecular weight is 305 g/mol. The van der Waals surface area contributed by atoms with E-state index >= 15 is 0 Å². The van der Waals surface area contributed by atoms with E-state index in [1.165, 1.54) is 10.0 Å². The Kier molecular flexibility index (Phi) is 5.00. The molecule has 0 amide bonds. The Morgan fingerprint density at radius 3 is 2.39 bits per heavy atom. The Hall–Kier alpha value is -1.08. The first-order valence-corrected chi connectivity index (χ1v) is 8.31. The van der Waals surface area contributed by atoms with Gasteiger partial charge < -0.3 is 0 Å². The standard InChI is InChI=1S/C16H18OSe/c1-2-13-8-6-7-11-15(13)16(17)12-18-14-9-4-3-5-10-14/h3-11,16-17H,2,12H2,1H3. The van der Waals surface area contributed by atoms with Crippen LogP contribution < -0.4 is 4.46 Å². The second-order valence-electron chi connectivity index (χ2n) is 4.19. The van der Waals surface area contributed by atoms with Gasteiger partial charge in [0, 0.05) is 0 Å². The molecule has 0 aliphatic heterocycles. The predicted molar refractivity (Wildman–Crippen MR) is 77.4 cm³/mol.